The molecule has 0 bridgehead atoms. The minimum Gasteiger partial charge on any atom is -0.457 e. The zero-order valence-electron chi connectivity index (χ0n) is 20.2. The van der Waals surface area contributed by atoms with E-state index in [1.54, 1.807) is 48.5 Å². The van der Waals surface area contributed by atoms with Crippen molar-refractivity contribution in [1.29, 1.82) is 0 Å². The monoisotopic (exact) mass is 679 g/mol. The Morgan fingerprint density at radius 3 is 2.33 bits per heavy atom. The highest BCUT2D eigenvalue weighted by molar-refractivity contribution is 9.10. The van der Waals surface area contributed by atoms with Gasteiger partial charge in [-0.3, -0.25) is 14.9 Å². The second-order valence-corrected chi connectivity index (χ2v) is 10.7. The first-order valence-electron chi connectivity index (χ1n) is 11.7. The zero-order chi connectivity index (χ0) is 28.6. The number of non-ortho nitro benzene ring substituents is 1. The number of nitrogens with zero attached hydrogens (tertiary/aromatic N) is 3. The number of nitro benzene ring substituents is 1. The van der Waals surface area contributed by atoms with E-state index in [2.05, 4.69) is 47.6 Å². The van der Waals surface area contributed by atoms with Gasteiger partial charge in [-0.05, 0) is 42.0 Å². The van der Waals surface area contributed by atoms with Gasteiger partial charge < -0.3 is 15.4 Å². The number of amides is 1. The summed E-state index contributed by atoms with van der Waals surface area (Å²) in [5, 5.41) is 20.9. The predicted octanol–water partition coefficient (Wildman–Crippen LogP) is 8.02. The van der Waals surface area contributed by atoms with Gasteiger partial charge in [-0.15, -0.1) is 0 Å². The van der Waals surface area contributed by atoms with Gasteiger partial charge in [0, 0.05) is 27.5 Å². The van der Waals surface area contributed by atoms with E-state index in [4.69, 9.17) is 4.74 Å². The lowest BCUT2D eigenvalue weighted by Gasteiger charge is -2.34. The Morgan fingerprint density at radius 1 is 1.05 bits per heavy atom. The van der Waals surface area contributed by atoms with Crippen LogP contribution in [0.3, 0.4) is 0 Å². The van der Waals surface area contributed by atoms with Gasteiger partial charge in [0.15, 0.2) is 6.04 Å². The van der Waals surface area contributed by atoms with Crippen LogP contribution < -0.4 is 15.4 Å². The molecule has 1 aliphatic heterocycles. The van der Waals surface area contributed by atoms with Gasteiger partial charge in [0.2, 0.25) is 0 Å². The average Bonchev–Trinajstić information content (AvgIpc) is 3.33. The van der Waals surface area contributed by atoms with Gasteiger partial charge in [-0.1, -0.05) is 44.0 Å². The molecule has 0 fully saturated rings. The molecular weight excluding hydrogens is 663 g/mol. The van der Waals surface area contributed by atoms with Crippen molar-refractivity contribution in [3.8, 4) is 11.5 Å². The summed E-state index contributed by atoms with van der Waals surface area (Å²) >= 11 is 6.63. The highest BCUT2D eigenvalue weighted by Gasteiger charge is 2.47. The number of hydrogen-bond donors (Lipinski definition) is 2. The molecule has 40 heavy (non-hydrogen) atoms. The smallest absolute Gasteiger partial charge is 0.410 e. The molecule has 0 aliphatic carbocycles. The second-order valence-electron chi connectivity index (χ2n) is 8.88. The molecule has 2 atom stereocenters. The normalized spacial score (nSPS) is 16.5. The van der Waals surface area contributed by atoms with E-state index >= 15 is 0 Å². The number of alkyl halides is 3. The highest BCUT2D eigenvalue weighted by atomic mass is 79.9. The molecule has 206 valence electrons. The van der Waals surface area contributed by atoms with Gasteiger partial charge in [0.1, 0.15) is 22.9 Å². The first kappa shape index (κ1) is 27.6. The molecule has 2 heterocycles. The van der Waals surface area contributed by atoms with Crippen LogP contribution in [0.5, 0.6) is 11.5 Å². The number of anilines is 2. The number of hydrogen-bond acceptors (Lipinski definition) is 6. The summed E-state index contributed by atoms with van der Waals surface area (Å²) < 4.78 is 50.1. The Labute approximate surface area is 241 Å². The molecule has 2 N–H and O–H groups in total. The summed E-state index contributed by atoms with van der Waals surface area (Å²) in [5.41, 5.74) is 0.106. The molecule has 14 heteroatoms. The Morgan fingerprint density at radius 2 is 1.70 bits per heavy atom. The number of nitrogens with one attached hydrogen (secondary N) is 2. The number of carbonyl (C=O) groups is 1. The minimum absolute atomic E-state index is 0.0129. The van der Waals surface area contributed by atoms with Crippen molar-refractivity contribution in [2.75, 3.05) is 10.6 Å². The molecular formula is C26H18Br2F3N5O4. The number of nitro groups is 1. The van der Waals surface area contributed by atoms with Crippen LogP contribution >= 0.6 is 31.9 Å². The molecule has 1 aromatic heterocycles. The Hall–Kier alpha value is -3.91. The van der Waals surface area contributed by atoms with Crippen LogP contribution in [0.1, 0.15) is 34.4 Å². The van der Waals surface area contributed by atoms with Crippen molar-refractivity contribution in [1.82, 2.24) is 9.78 Å². The van der Waals surface area contributed by atoms with Crippen molar-refractivity contribution in [3.63, 3.8) is 0 Å². The zero-order valence-corrected chi connectivity index (χ0v) is 23.3. The molecule has 0 radical (unpaired) electrons. The number of ether oxygens (including phenoxy) is 1. The lowest BCUT2D eigenvalue weighted by atomic mass is 9.96. The maximum atomic E-state index is 14.0. The van der Waals surface area contributed by atoms with Crippen molar-refractivity contribution >= 4 is 55.0 Å². The first-order chi connectivity index (χ1) is 19.0. The van der Waals surface area contributed by atoms with Gasteiger partial charge in [-0.2, -0.15) is 18.3 Å². The minimum atomic E-state index is -4.62. The summed E-state index contributed by atoms with van der Waals surface area (Å²) in [6.45, 7) is 0. The molecule has 1 amide bonds. The summed E-state index contributed by atoms with van der Waals surface area (Å²) in [6, 6.07) is 14.5. The van der Waals surface area contributed by atoms with Crippen molar-refractivity contribution in [2.24, 2.45) is 0 Å². The number of carbonyl (C=O) groups excluding carboxylic acids is 1. The van der Waals surface area contributed by atoms with Crippen molar-refractivity contribution < 1.29 is 27.6 Å². The van der Waals surface area contributed by atoms with Crippen LogP contribution in [0.15, 0.2) is 81.9 Å². The molecule has 0 saturated heterocycles. The van der Waals surface area contributed by atoms with Crippen LogP contribution in [0.2, 0.25) is 0 Å². The van der Waals surface area contributed by atoms with Gasteiger partial charge >= 0.3 is 6.18 Å². The molecule has 4 aromatic rings. The fourth-order valence-corrected chi connectivity index (χ4v) is 4.83. The van der Waals surface area contributed by atoms with Crippen molar-refractivity contribution in [2.45, 2.75) is 24.7 Å². The largest absolute Gasteiger partial charge is 0.457 e. The molecule has 5 rings (SSSR count). The summed E-state index contributed by atoms with van der Waals surface area (Å²) in [7, 11) is 0. The lowest BCUT2D eigenvalue weighted by Crippen LogP contribution is -2.36. The van der Waals surface area contributed by atoms with Gasteiger partial charge in [0.25, 0.3) is 11.6 Å². The molecule has 0 unspecified atom stereocenters. The van der Waals surface area contributed by atoms with E-state index in [0.717, 1.165) is 25.9 Å². The topological polar surface area (TPSA) is 111 Å². The third kappa shape index (κ3) is 5.97. The molecule has 9 nitrogen and oxygen atoms in total. The van der Waals surface area contributed by atoms with Crippen LogP contribution in [-0.4, -0.2) is 26.8 Å². The van der Waals surface area contributed by atoms with Gasteiger partial charge in [-0.25, -0.2) is 4.68 Å². The fraction of sp³-hybridized carbons (Fsp3) is 0.154. The number of rotatable bonds is 6. The van der Waals surface area contributed by atoms with E-state index in [-0.39, 0.29) is 34.9 Å². The SMILES string of the molecule is O=C(Nc1cc(Oc2ccc(Br)cc2)cc([N+](=O)[O-])c1)c1cnn2c1N[C@@H](c1ccc(Br)cc1)C[C@H]2C(F)(F)F. The molecule has 0 saturated carbocycles. The lowest BCUT2D eigenvalue weighted by molar-refractivity contribution is -0.384. The van der Waals surface area contributed by atoms with Crippen LogP contribution in [0, 0.1) is 10.1 Å². The quantitative estimate of drug-likeness (QED) is 0.158. The summed E-state index contributed by atoms with van der Waals surface area (Å²) in [5.74, 6) is -0.445. The summed E-state index contributed by atoms with van der Waals surface area (Å²) in [4.78, 5) is 24.2. The fourth-order valence-electron chi connectivity index (χ4n) is 4.30. The number of aromatic nitrogens is 2. The number of fused-ring (bicyclic) bond motifs is 1. The van der Waals surface area contributed by atoms with E-state index < -0.39 is 29.1 Å². The number of halogens is 5. The Balaban J connectivity index is 1.45. The first-order valence-corrected chi connectivity index (χ1v) is 13.3. The van der Waals surface area contributed by atoms with Crippen LogP contribution in [-0.2, 0) is 0 Å². The average molecular weight is 681 g/mol. The van der Waals surface area contributed by atoms with Gasteiger partial charge in [0.05, 0.1) is 28.9 Å². The number of benzene rings is 3. The summed E-state index contributed by atoms with van der Waals surface area (Å²) in [6.07, 6.45) is -3.91. The molecule has 3 aromatic carbocycles. The molecule has 0 spiro atoms. The second kappa shape index (κ2) is 10.9. The van der Waals surface area contributed by atoms with E-state index in [9.17, 15) is 28.1 Å². The van der Waals surface area contributed by atoms with Crippen LogP contribution in [0.4, 0.5) is 30.4 Å². The third-order valence-electron chi connectivity index (χ3n) is 6.16. The Kier molecular flexibility index (Phi) is 7.55. The van der Waals surface area contributed by atoms with E-state index in [1.807, 2.05) is 0 Å². The van der Waals surface area contributed by atoms with E-state index in [1.165, 1.54) is 12.1 Å². The van der Waals surface area contributed by atoms with E-state index in [0.29, 0.717) is 11.3 Å². The predicted molar refractivity (Wildman–Crippen MR) is 148 cm³/mol. The standard InChI is InChI=1S/C26H18Br2F3N5O4/c27-15-3-1-14(2-4-15)22-12-23(26(29,30)31)35-24(34-22)21(13-32-35)25(37)33-17-9-18(36(38)39)11-20(10-17)40-19-7-5-16(28)6-8-19/h1-11,13,22-23,34H,12H2,(H,33,37)/t22-,23+/m1/s1. The highest BCUT2D eigenvalue weighted by Crippen LogP contribution is 2.44. The maximum absolute atomic E-state index is 14.0. The molecule has 1 aliphatic rings. The third-order valence-corrected chi connectivity index (χ3v) is 7.22. The maximum Gasteiger partial charge on any atom is 0.410 e. The van der Waals surface area contributed by atoms with Crippen molar-refractivity contribution in [3.05, 3.63) is 103 Å². The van der Waals surface area contributed by atoms with Crippen LogP contribution in [0.25, 0.3) is 0 Å². The Bertz CT molecular complexity index is 1580.